The fourth-order valence-corrected chi connectivity index (χ4v) is 1.91. The lowest BCUT2D eigenvalue weighted by molar-refractivity contribution is 0.145. The zero-order valence-electron chi connectivity index (χ0n) is 11.3. The number of hydrogen-bond acceptors (Lipinski definition) is 6. The number of para-hydroxylation sites is 1. The fraction of sp³-hybridized carbons (Fsp3) is 0.286. The first kappa shape index (κ1) is 14.4. The van der Waals surface area contributed by atoms with E-state index in [1.165, 1.54) is 6.33 Å². The van der Waals surface area contributed by atoms with E-state index in [4.69, 9.17) is 15.3 Å². The normalized spacial score (nSPS) is 12.1. The van der Waals surface area contributed by atoms with Crippen molar-refractivity contribution in [2.24, 2.45) is 5.84 Å². The largest absolute Gasteiger partial charge is 0.491 e. The number of benzene rings is 1. The second kappa shape index (κ2) is 7.54. The molecule has 0 aliphatic carbocycles. The Kier molecular flexibility index (Phi) is 5.43. The molecule has 3 N–H and O–H groups in total. The number of hydrazine groups is 1. The van der Waals surface area contributed by atoms with Gasteiger partial charge in [0.25, 0.3) is 0 Å². The Hall–Kier alpha value is -2.02. The van der Waals surface area contributed by atoms with Crippen molar-refractivity contribution in [3.8, 4) is 5.75 Å². The molecule has 1 aromatic carbocycles. The molecule has 0 bridgehead atoms. The molecule has 0 spiro atoms. The molecule has 2 rings (SSSR count). The average molecular weight is 274 g/mol. The van der Waals surface area contributed by atoms with Crippen LogP contribution in [0.5, 0.6) is 5.75 Å². The first-order valence-corrected chi connectivity index (χ1v) is 6.28. The highest BCUT2D eigenvalue weighted by Gasteiger charge is 2.17. The Labute approximate surface area is 117 Å². The molecule has 0 saturated carbocycles. The summed E-state index contributed by atoms with van der Waals surface area (Å²) in [5, 5.41) is 0. The minimum atomic E-state index is -0.227. The summed E-state index contributed by atoms with van der Waals surface area (Å²) >= 11 is 0. The fourth-order valence-electron chi connectivity index (χ4n) is 1.91. The van der Waals surface area contributed by atoms with Gasteiger partial charge in [-0.1, -0.05) is 18.2 Å². The van der Waals surface area contributed by atoms with Crippen LogP contribution in [0.2, 0.25) is 0 Å². The summed E-state index contributed by atoms with van der Waals surface area (Å²) in [6, 6.07) is 7.49. The summed E-state index contributed by atoms with van der Waals surface area (Å²) in [5.74, 6) is 6.44. The van der Waals surface area contributed by atoms with Crippen LogP contribution < -0.4 is 16.0 Å². The molecule has 0 aliphatic rings. The van der Waals surface area contributed by atoms with E-state index >= 15 is 0 Å². The quantitative estimate of drug-likeness (QED) is 0.446. The SMILES string of the molecule is COCCOc1ccccc1C(NN)c1cncnc1. The zero-order chi connectivity index (χ0) is 14.2. The number of ether oxygens (including phenoxy) is 2. The van der Waals surface area contributed by atoms with Gasteiger partial charge in [-0.3, -0.25) is 5.84 Å². The zero-order valence-corrected chi connectivity index (χ0v) is 11.3. The van der Waals surface area contributed by atoms with Gasteiger partial charge < -0.3 is 9.47 Å². The maximum absolute atomic E-state index is 5.72. The summed E-state index contributed by atoms with van der Waals surface area (Å²) < 4.78 is 10.7. The molecule has 0 amide bonds. The van der Waals surface area contributed by atoms with Gasteiger partial charge in [-0.15, -0.1) is 0 Å². The molecule has 6 heteroatoms. The number of nitrogens with two attached hydrogens (primary N) is 1. The van der Waals surface area contributed by atoms with Crippen LogP contribution in [-0.2, 0) is 4.74 Å². The molecule has 1 heterocycles. The molecule has 0 radical (unpaired) electrons. The van der Waals surface area contributed by atoms with Crippen molar-refractivity contribution >= 4 is 0 Å². The number of aromatic nitrogens is 2. The lowest BCUT2D eigenvalue weighted by atomic mass is 10.0. The van der Waals surface area contributed by atoms with Crippen LogP contribution in [0.4, 0.5) is 0 Å². The third-order valence-electron chi connectivity index (χ3n) is 2.86. The van der Waals surface area contributed by atoms with Crippen LogP contribution in [0, 0.1) is 0 Å². The van der Waals surface area contributed by atoms with Crippen LogP contribution in [0.25, 0.3) is 0 Å². The molecular weight excluding hydrogens is 256 g/mol. The third-order valence-corrected chi connectivity index (χ3v) is 2.86. The van der Waals surface area contributed by atoms with Crippen molar-refractivity contribution in [2.45, 2.75) is 6.04 Å². The van der Waals surface area contributed by atoms with Gasteiger partial charge in [0.05, 0.1) is 12.6 Å². The molecule has 20 heavy (non-hydrogen) atoms. The summed E-state index contributed by atoms with van der Waals surface area (Å²) in [7, 11) is 1.64. The van der Waals surface area contributed by atoms with Crippen molar-refractivity contribution in [1.82, 2.24) is 15.4 Å². The lowest BCUT2D eigenvalue weighted by Gasteiger charge is -2.19. The van der Waals surface area contributed by atoms with E-state index in [0.29, 0.717) is 13.2 Å². The van der Waals surface area contributed by atoms with E-state index < -0.39 is 0 Å². The van der Waals surface area contributed by atoms with E-state index in [1.54, 1.807) is 19.5 Å². The van der Waals surface area contributed by atoms with Crippen LogP contribution in [0.15, 0.2) is 43.0 Å². The van der Waals surface area contributed by atoms with E-state index in [1.807, 2.05) is 24.3 Å². The molecule has 6 nitrogen and oxygen atoms in total. The first-order valence-electron chi connectivity index (χ1n) is 6.28. The van der Waals surface area contributed by atoms with Crippen molar-refractivity contribution in [1.29, 1.82) is 0 Å². The molecule has 1 atom stereocenters. The molecule has 0 saturated heterocycles. The minimum Gasteiger partial charge on any atom is -0.491 e. The summed E-state index contributed by atoms with van der Waals surface area (Å²) in [6.45, 7) is 1.01. The molecular formula is C14H18N4O2. The highest BCUT2D eigenvalue weighted by Crippen LogP contribution is 2.28. The maximum atomic E-state index is 5.72. The monoisotopic (exact) mass is 274 g/mol. The van der Waals surface area contributed by atoms with Gasteiger partial charge in [-0.05, 0) is 6.07 Å². The highest BCUT2D eigenvalue weighted by molar-refractivity contribution is 5.40. The highest BCUT2D eigenvalue weighted by atomic mass is 16.5. The van der Waals surface area contributed by atoms with Crippen LogP contribution in [-0.4, -0.2) is 30.3 Å². The van der Waals surface area contributed by atoms with E-state index in [9.17, 15) is 0 Å². The van der Waals surface area contributed by atoms with Crippen molar-refractivity contribution in [3.63, 3.8) is 0 Å². The average Bonchev–Trinajstić information content (AvgIpc) is 2.51. The van der Waals surface area contributed by atoms with Gasteiger partial charge in [0.15, 0.2) is 0 Å². The van der Waals surface area contributed by atoms with Crippen LogP contribution in [0.3, 0.4) is 0 Å². The van der Waals surface area contributed by atoms with E-state index in [2.05, 4.69) is 15.4 Å². The van der Waals surface area contributed by atoms with Crippen LogP contribution in [0.1, 0.15) is 17.2 Å². The molecule has 1 aromatic heterocycles. The van der Waals surface area contributed by atoms with Crippen LogP contribution >= 0.6 is 0 Å². The smallest absolute Gasteiger partial charge is 0.124 e. The topological polar surface area (TPSA) is 82.3 Å². The third kappa shape index (κ3) is 3.51. The second-order valence-electron chi connectivity index (χ2n) is 4.15. The number of hydrogen-bond donors (Lipinski definition) is 2. The Bertz CT molecular complexity index is 522. The molecule has 2 aromatic rings. The predicted molar refractivity (Wildman–Crippen MR) is 75.0 cm³/mol. The van der Waals surface area contributed by atoms with Crippen molar-refractivity contribution in [2.75, 3.05) is 20.3 Å². The van der Waals surface area contributed by atoms with Gasteiger partial charge in [0.1, 0.15) is 18.7 Å². The second-order valence-corrected chi connectivity index (χ2v) is 4.15. The predicted octanol–water partition coefficient (Wildman–Crippen LogP) is 1.05. The van der Waals surface area contributed by atoms with Gasteiger partial charge in [0, 0.05) is 30.6 Å². The lowest BCUT2D eigenvalue weighted by Crippen LogP contribution is -2.29. The van der Waals surface area contributed by atoms with Crippen molar-refractivity contribution < 1.29 is 9.47 Å². The van der Waals surface area contributed by atoms with Gasteiger partial charge in [0.2, 0.25) is 0 Å². The summed E-state index contributed by atoms with van der Waals surface area (Å²) in [6.07, 6.45) is 4.94. The molecule has 106 valence electrons. The maximum Gasteiger partial charge on any atom is 0.124 e. The standard InChI is InChI=1S/C14H18N4O2/c1-19-6-7-20-13-5-3-2-4-12(13)14(18-15)11-8-16-10-17-9-11/h2-5,8-10,14,18H,6-7,15H2,1H3. The number of methoxy groups -OCH3 is 1. The molecule has 1 unspecified atom stereocenters. The summed E-state index contributed by atoms with van der Waals surface area (Å²) in [4.78, 5) is 8.03. The van der Waals surface area contributed by atoms with E-state index in [-0.39, 0.29) is 6.04 Å². The Morgan fingerprint density at radius 3 is 2.65 bits per heavy atom. The van der Waals surface area contributed by atoms with Gasteiger partial charge in [-0.2, -0.15) is 0 Å². The summed E-state index contributed by atoms with van der Waals surface area (Å²) in [5.41, 5.74) is 4.58. The van der Waals surface area contributed by atoms with E-state index in [0.717, 1.165) is 16.9 Å². The number of nitrogens with one attached hydrogen (secondary N) is 1. The van der Waals surface area contributed by atoms with Gasteiger partial charge in [-0.25, -0.2) is 15.4 Å². The molecule has 0 aliphatic heterocycles. The Balaban J connectivity index is 2.25. The van der Waals surface area contributed by atoms with Crippen molar-refractivity contribution in [3.05, 3.63) is 54.1 Å². The molecule has 0 fully saturated rings. The Morgan fingerprint density at radius 2 is 1.95 bits per heavy atom. The number of rotatable bonds is 7. The minimum absolute atomic E-state index is 0.227. The number of nitrogens with zero attached hydrogens (tertiary/aromatic N) is 2. The Morgan fingerprint density at radius 1 is 1.20 bits per heavy atom. The van der Waals surface area contributed by atoms with Gasteiger partial charge >= 0.3 is 0 Å². The first-order chi connectivity index (χ1) is 9.86.